The molecule has 2 rings (SSSR count). The van der Waals surface area contributed by atoms with E-state index in [9.17, 15) is 9.59 Å². The molecule has 6 nitrogen and oxygen atoms in total. The molecule has 0 spiro atoms. The number of para-hydroxylation sites is 1. The Morgan fingerprint density at radius 1 is 1.29 bits per heavy atom. The van der Waals surface area contributed by atoms with E-state index in [-0.39, 0.29) is 17.4 Å². The number of urea groups is 1. The Balaban J connectivity index is 1.78. The summed E-state index contributed by atoms with van der Waals surface area (Å²) in [5.41, 5.74) is 0.361. The number of carbonyl (C=O) groups excluding carboxylic acids is 1. The largest absolute Gasteiger partial charge is 0.478 e. The van der Waals surface area contributed by atoms with Crippen LogP contribution in [0.1, 0.15) is 36.0 Å². The molecule has 1 aromatic rings. The fraction of sp³-hybridized carbons (Fsp3) is 0.467. The highest BCUT2D eigenvalue weighted by molar-refractivity contribution is 5.99. The van der Waals surface area contributed by atoms with Gasteiger partial charge >= 0.3 is 12.0 Å². The van der Waals surface area contributed by atoms with E-state index in [4.69, 9.17) is 9.84 Å². The van der Waals surface area contributed by atoms with Gasteiger partial charge in [-0.2, -0.15) is 0 Å². The average Bonchev–Trinajstić information content (AvgIpc) is 2.48. The number of aromatic carboxylic acids is 1. The Morgan fingerprint density at radius 2 is 2.10 bits per heavy atom. The van der Waals surface area contributed by atoms with Crippen LogP contribution in [0.4, 0.5) is 10.5 Å². The van der Waals surface area contributed by atoms with E-state index in [0.29, 0.717) is 6.54 Å². The molecule has 1 atom stereocenters. The molecule has 0 aliphatic carbocycles. The van der Waals surface area contributed by atoms with Crippen LogP contribution in [0.2, 0.25) is 0 Å². The van der Waals surface area contributed by atoms with Crippen molar-refractivity contribution in [3.05, 3.63) is 29.8 Å². The maximum absolute atomic E-state index is 11.8. The van der Waals surface area contributed by atoms with E-state index in [1.165, 1.54) is 12.5 Å². The van der Waals surface area contributed by atoms with Crippen LogP contribution >= 0.6 is 0 Å². The van der Waals surface area contributed by atoms with E-state index >= 15 is 0 Å². The molecule has 1 aliphatic rings. The first-order valence-corrected chi connectivity index (χ1v) is 7.15. The molecule has 0 radical (unpaired) electrons. The number of amides is 2. The summed E-state index contributed by atoms with van der Waals surface area (Å²) in [6.07, 6.45) is 4.30. The van der Waals surface area contributed by atoms with Crippen molar-refractivity contribution in [2.24, 2.45) is 0 Å². The van der Waals surface area contributed by atoms with Gasteiger partial charge in [0.05, 0.1) is 17.4 Å². The third-order valence-electron chi connectivity index (χ3n) is 3.43. The second-order valence-electron chi connectivity index (χ2n) is 5.01. The zero-order valence-corrected chi connectivity index (χ0v) is 11.8. The predicted octanol–water partition coefficient (Wildman–Crippen LogP) is 2.47. The number of carbonyl (C=O) groups is 2. The zero-order valence-electron chi connectivity index (χ0n) is 11.8. The van der Waals surface area contributed by atoms with Crippen LogP contribution in [-0.4, -0.2) is 36.4 Å². The number of nitrogens with one attached hydrogen (secondary N) is 2. The summed E-state index contributed by atoms with van der Waals surface area (Å²) in [6.45, 7) is 1.30. The van der Waals surface area contributed by atoms with Gasteiger partial charge in [-0.05, 0) is 37.8 Å². The van der Waals surface area contributed by atoms with Gasteiger partial charge in [-0.3, -0.25) is 0 Å². The Bertz CT molecular complexity index is 498. The highest BCUT2D eigenvalue weighted by atomic mass is 16.5. The van der Waals surface area contributed by atoms with Gasteiger partial charge in [0.1, 0.15) is 0 Å². The lowest BCUT2D eigenvalue weighted by Gasteiger charge is -2.22. The summed E-state index contributed by atoms with van der Waals surface area (Å²) in [5.74, 6) is -1.07. The van der Waals surface area contributed by atoms with Crippen LogP contribution in [0.15, 0.2) is 24.3 Å². The molecule has 1 aromatic carbocycles. The number of carboxylic acid groups (broad SMARTS) is 1. The zero-order chi connectivity index (χ0) is 15.1. The lowest BCUT2D eigenvalue weighted by Crippen LogP contribution is -2.33. The van der Waals surface area contributed by atoms with Gasteiger partial charge in [-0.15, -0.1) is 0 Å². The smallest absolute Gasteiger partial charge is 0.337 e. The normalized spacial score (nSPS) is 18.0. The lowest BCUT2D eigenvalue weighted by atomic mass is 10.1. The van der Waals surface area contributed by atoms with Crippen molar-refractivity contribution in [1.29, 1.82) is 0 Å². The molecule has 6 heteroatoms. The summed E-state index contributed by atoms with van der Waals surface area (Å²) >= 11 is 0. The summed E-state index contributed by atoms with van der Waals surface area (Å²) in [6, 6.07) is 5.91. The van der Waals surface area contributed by atoms with Gasteiger partial charge in [-0.1, -0.05) is 12.1 Å². The number of hydrogen-bond acceptors (Lipinski definition) is 3. The molecule has 2 amide bonds. The topological polar surface area (TPSA) is 87.7 Å². The summed E-state index contributed by atoms with van der Waals surface area (Å²) < 4.78 is 5.58. The van der Waals surface area contributed by atoms with Gasteiger partial charge in [-0.25, -0.2) is 9.59 Å². The molecule has 1 fully saturated rings. The maximum Gasteiger partial charge on any atom is 0.337 e. The van der Waals surface area contributed by atoms with Crippen molar-refractivity contribution in [1.82, 2.24) is 5.32 Å². The highest BCUT2D eigenvalue weighted by Gasteiger charge is 2.14. The molecule has 114 valence electrons. The van der Waals surface area contributed by atoms with Crippen LogP contribution in [0.3, 0.4) is 0 Å². The molecular weight excluding hydrogens is 272 g/mol. The minimum Gasteiger partial charge on any atom is -0.478 e. The monoisotopic (exact) mass is 292 g/mol. The number of carboxylic acids is 1. The maximum atomic E-state index is 11.8. The lowest BCUT2D eigenvalue weighted by molar-refractivity contribution is 0.0120. The van der Waals surface area contributed by atoms with E-state index in [1.54, 1.807) is 18.2 Å². The number of rotatable bonds is 5. The van der Waals surface area contributed by atoms with Crippen molar-refractivity contribution in [3.8, 4) is 0 Å². The molecular formula is C15H20N2O4. The van der Waals surface area contributed by atoms with Gasteiger partial charge in [0.25, 0.3) is 0 Å². The van der Waals surface area contributed by atoms with Gasteiger partial charge in [0.15, 0.2) is 0 Å². The molecule has 3 N–H and O–H groups in total. The Hall–Kier alpha value is -2.08. The molecule has 21 heavy (non-hydrogen) atoms. The van der Waals surface area contributed by atoms with E-state index in [2.05, 4.69) is 10.6 Å². The summed E-state index contributed by atoms with van der Waals surface area (Å²) in [4.78, 5) is 22.8. The molecule has 0 aromatic heterocycles. The number of ether oxygens (including phenoxy) is 1. The fourth-order valence-electron chi connectivity index (χ4n) is 2.33. The average molecular weight is 292 g/mol. The summed E-state index contributed by atoms with van der Waals surface area (Å²) in [7, 11) is 0. The minimum absolute atomic E-state index is 0.0725. The number of anilines is 1. The minimum atomic E-state index is -1.07. The third kappa shape index (κ3) is 4.75. The second kappa shape index (κ2) is 7.64. The molecule has 1 heterocycles. The van der Waals surface area contributed by atoms with Crippen molar-refractivity contribution >= 4 is 17.7 Å². The van der Waals surface area contributed by atoms with Gasteiger partial charge in [0.2, 0.25) is 0 Å². The highest BCUT2D eigenvalue weighted by Crippen LogP contribution is 2.16. The molecule has 1 unspecified atom stereocenters. The van der Waals surface area contributed by atoms with Crippen LogP contribution in [0, 0.1) is 0 Å². The van der Waals surface area contributed by atoms with E-state index in [1.807, 2.05) is 0 Å². The van der Waals surface area contributed by atoms with Crippen LogP contribution in [0.5, 0.6) is 0 Å². The van der Waals surface area contributed by atoms with E-state index < -0.39 is 12.0 Å². The Morgan fingerprint density at radius 3 is 2.81 bits per heavy atom. The van der Waals surface area contributed by atoms with E-state index in [0.717, 1.165) is 25.9 Å². The standard InChI is InChI=1S/C15H20N2O4/c18-14(19)12-6-1-2-7-13(12)17-15(20)16-9-8-11-5-3-4-10-21-11/h1-2,6-7,11H,3-5,8-10H2,(H,18,19)(H2,16,17,20). The molecule has 0 saturated carbocycles. The summed E-state index contributed by atoms with van der Waals surface area (Å²) in [5, 5.41) is 14.3. The molecule has 0 bridgehead atoms. The van der Waals surface area contributed by atoms with Crippen molar-refractivity contribution in [2.45, 2.75) is 31.8 Å². The third-order valence-corrected chi connectivity index (χ3v) is 3.43. The van der Waals surface area contributed by atoms with Crippen LogP contribution in [0.25, 0.3) is 0 Å². The SMILES string of the molecule is O=C(NCCC1CCCCO1)Nc1ccccc1C(=O)O. The Labute approximate surface area is 123 Å². The fourth-order valence-corrected chi connectivity index (χ4v) is 2.33. The van der Waals surface area contributed by atoms with Crippen molar-refractivity contribution < 1.29 is 19.4 Å². The first kappa shape index (κ1) is 15.3. The van der Waals surface area contributed by atoms with Crippen LogP contribution in [-0.2, 0) is 4.74 Å². The second-order valence-corrected chi connectivity index (χ2v) is 5.01. The van der Waals surface area contributed by atoms with Gasteiger partial charge in [0, 0.05) is 13.2 Å². The van der Waals surface area contributed by atoms with Gasteiger partial charge < -0.3 is 20.5 Å². The predicted molar refractivity (Wildman–Crippen MR) is 78.6 cm³/mol. The first-order valence-electron chi connectivity index (χ1n) is 7.15. The van der Waals surface area contributed by atoms with Crippen LogP contribution < -0.4 is 10.6 Å². The number of benzene rings is 1. The first-order chi connectivity index (χ1) is 10.2. The molecule has 1 saturated heterocycles. The van der Waals surface area contributed by atoms with Crippen molar-refractivity contribution in [3.63, 3.8) is 0 Å². The quantitative estimate of drug-likeness (QED) is 0.778. The molecule has 1 aliphatic heterocycles. The van der Waals surface area contributed by atoms with Crippen molar-refractivity contribution in [2.75, 3.05) is 18.5 Å². The number of hydrogen-bond donors (Lipinski definition) is 3. The Kier molecular flexibility index (Phi) is 5.57.